The van der Waals surface area contributed by atoms with E-state index in [2.05, 4.69) is 32.7 Å². The predicted octanol–water partition coefficient (Wildman–Crippen LogP) is 4.37. The standard InChI is InChI=1S/C17H34N2O/c1-9-17(6,7)11-14(4)10-15(5)16(20)19(12-18-8)13(2)3/h12-15H,9-11H2,1-8H3/b18-12-. The molecule has 0 N–H and O–H groups in total. The number of nitrogens with zero attached hydrogens (tertiary/aromatic N) is 2. The topological polar surface area (TPSA) is 32.7 Å². The zero-order chi connectivity index (χ0) is 15.9. The van der Waals surface area contributed by atoms with Gasteiger partial charge in [0.15, 0.2) is 0 Å². The third kappa shape index (κ3) is 6.53. The van der Waals surface area contributed by atoms with Crippen LogP contribution in [-0.4, -0.2) is 30.2 Å². The first-order chi connectivity index (χ1) is 9.14. The van der Waals surface area contributed by atoms with E-state index in [9.17, 15) is 4.79 Å². The van der Waals surface area contributed by atoms with Crippen LogP contribution in [0.5, 0.6) is 0 Å². The summed E-state index contributed by atoms with van der Waals surface area (Å²) in [5, 5.41) is 0. The van der Waals surface area contributed by atoms with Crippen LogP contribution >= 0.6 is 0 Å². The molecular formula is C17H34N2O. The predicted molar refractivity (Wildman–Crippen MR) is 88.0 cm³/mol. The maximum absolute atomic E-state index is 12.5. The number of amides is 1. The Hall–Kier alpha value is -0.860. The maximum Gasteiger partial charge on any atom is 0.230 e. The van der Waals surface area contributed by atoms with Crippen molar-refractivity contribution in [3.8, 4) is 0 Å². The van der Waals surface area contributed by atoms with E-state index in [1.807, 2.05) is 20.8 Å². The highest BCUT2D eigenvalue weighted by atomic mass is 16.2. The molecule has 0 rings (SSSR count). The number of hydrogen-bond acceptors (Lipinski definition) is 2. The summed E-state index contributed by atoms with van der Waals surface area (Å²) in [5.41, 5.74) is 0.366. The molecule has 0 saturated carbocycles. The summed E-state index contributed by atoms with van der Waals surface area (Å²) in [7, 11) is 1.71. The van der Waals surface area contributed by atoms with Crippen LogP contribution in [0.25, 0.3) is 0 Å². The Labute approximate surface area is 125 Å². The lowest BCUT2D eigenvalue weighted by Crippen LogP contribution is -2.39. The lowest BCUT2D eigenvalue weighted by molar-refractivity contribution is -0.132. The molecule has 0 heterocycles. The van der Waals surface area contributed by atoms with Gasteiger partial charge in [-0.05, 0) is 38.0 Å². The van der Waals surface area contributed by atoms with Gasteiger partial charge in [0.25, 0.3) is 0 Å². The van der Waals surface area contributed by atoms with E-state index < -0.39 is 0 Å². The third-order valence-corrected chi connectivity index (χ3v) is 4.09. The van der Waals surface area contributed by atoms with Gasteiger partial charge in [-0.1, -0.05) is 41.0 Å². The van der Waals surface area contributed by atoms with Crippen LogP contribution in [0.15, 0.2) is 4.99 Å². The minimum atomic E-state index is 0.0538. The molecule has 0 fully saturated rings. The lowest BCUT2D eigenvalue weighted by atomic mass is 9.78. The van der Waals surface area contributed by atoms with Crippen LogP contribution in [0, 0.1) is 17.3 Å². The van der Waals surface area contributed by atoms with Gasteiger partial charge in [-0.3, -0.25) is 9.79 Å². The molecule has 0 bridgehead atoms. The Balaban J connectivity index is 4.59. The number of carbonyl (C=O) groups is 1. The normalized spacial score (nSPS) is 15.7. The quantitative estimate of drug-likeness (QED) is 0.480. The van der Waals surface area contributed by atoms with Gasteiger partial charge in [0.2, 0.25) is 5.91 Å². The summed E-state index contributed by atoms with van der Waals surface area (Å²) in [4.78, 5) is 18.2. The van der Waals surface area contributed by atoms with Crippen molar-refractivity contribution >= 4 is 12.2 Å². The minimum Gasteiger partial charge on any atom is -0.301 e. The summed E-state index contributed by atoms with van der Waals surface area (Å²) in [6, 6.07) is 0.163. The van der Waals surface area contributed by atoms with Crippen LogP contribution in [0.2, 0.25) is 0 Å². The van der Waals surface area contributed by atoms with E-state index in [1.54, 1.807) is 18.3 Å². The highest BCUT2D eigenvalue weighted by Gasteiger charge is 2.25. The van der Waals surface area contributed by atoms with Crippen molar-refractivity contribution in [1.82, 2.24) is 4.90 Å². The second-order valence-electron chi connectivity index (χ2n) is 7.18. The number of rotatable bonds is 8. The first-order valence-corrected chi connectivity index (χ1v) is 7.89. The van der Waals surface area contributed by atoms with Crippen molar-refractivity contribution < 1.29 is 4.79 Å². The van der Waals surface area contributed by atoms with Gasteiger partial charge < -0.3 is 4.90 Å². The number of carbonyl (C=O) groups excluding carboxylic acids is 1. The van der Waals surface area contributed by atoms with Crippen molar-refractivity contribution in [2.45, 2.75) is 73.8 Å². The summed E-state index contributed by atoms with van der Waals surface area (Å²) in [6.45, 7) is 15.2. The molecule has 0 radical (unpaired) electrons. The van der Waals surface area contributed by atoms with Gasteiger partial charge in [-0.15, -0.1) is 0 Å². The zero-order valence-corrected chi connectivity index (χ0v) is 14.7. The molecular weight excluding hydrogens is 248 g/mol. The number of aliphatic imine (C=N–C) groups is 1. The Morgan fingerprint density at radius 2 is 1.80 bits per heavy atom. The Kier molecular flexibility index (Phi) is 8.07. The second-order valence-corrected chi connectivity index (χ2v) is 7.18. The summed E-state index contributed by atoms with van der Waals surface area (Å²) in [6.07, 6.45) is 4.96. The van der Waals surface area contributed by atoms with Crippen molar-refractivity contribution in [1.29, 1.82) is 0 Å². The molecule has 0 aromatic rings. The molecule has 118 valence electrons. The summed E-state index contributed by atoms with van der Waals surface area (Å²) in [5.74, 6) is 0.807. The van der Waals surface area contributed by atoms with E-state index in [4.69, 9.17) is 0 Å². The van der Waals surface area contributed by atoms with Crippen LogP contribution in [0.1, 0.15) is 67.7 Å². The molecule has 1 amide bonds. The smallest absolute Gasteiger partial charge is 0.230 e. The number of hydrogen-bond donors (Lipinski definition) is 0. The van der Waals surface area contributed by atoms with Crippen molar-refractivity contribution in [2.24, 2.45) is 22.2 Å². The van der Waals surface area contributed by atoms with E-state index in [-0.39, 0.29) is 17.9 Å². The third-order valence-electron chi connectivity index (χ3n) is 4.09. The molecule has 0 aromatic carbocycles. The summed E-state index contributed by atoms with van der Waals surface area (Å²) >= 11 is 0. The SMILES string of the molecule is CCC(C)(C)CC(C)CC(C)C(=O)N(/C=N\C)C(C)C. The van der Waals surface area contributed by atoms with Gasteiger partial charge in [0.05, 0.1) is 6.34 Å². The van der Waals surface area contributed by atoms with Crippen LogP contribution < -0.4 is 0 Å². The fourth-order valence-corrected chi connectivity index (χ4v) is 2.70. The Bertz CT molecular complexity index is 321. The molecule has 2 atom stereocenters. The minimum absolute atomic E-state index is 0.0538. The van der Waals surface area contributed by atoms with Crippen LogP contribution in [-0.2, 0) is 4.79 Å². The van der Waals surface area contributed by atoms with Gasteiger partial charge in [-0.25, -0.2) is 0 Å². The van der Waals surface area contributed by atoms with Crippen LogP contribution in [0.4, 0.5) is 0 Å². The molecule has 2 unspecified atom stereocenters. The van der Waals surface area contributed by atoms with E-state index >= 15 is 0 Å². The van der Waals surface area contributed by atoms with Gasteiger partial charge >= 0.3 is 0 Å². The molecule has 20 heavy (non-hydrogen) atoms. The molecule has 0 aliphatic carbocycles. The Morgan fingerprint density at radius 3 is 2.20 bits per heavy atom. The first kappa shape index (κ1) is 19.1. The van der Waals surface area contributed by atoms with E-state index in [1.165, 1.54) is 12.8 Å². The molecule has 3 nitrogen and oxygen atoms in total. The Morgan fingerprint density at radius 1 is 1.25 bits per heavy atom. The average Bonchev–Trinajstić information content (AvgIpc) is 2.33. The second kappa shape index (κ2) is 8.43. The average molecular weight is 282 g/mol. The fourth-order valence-electron chi connectivity index (χ4n) is 2.70. The molecule has 0 aliphatic heterocycles. The molecule has 0 aromatic heterocycles. The fraction of sp³-hybridized carbons (Fsp3) is 0.882. The lowest BCUT2D eigenvalue weighted by Gasteiger charge is -2.30. The van der Waals surface area contributed by atoms with Crippen molar-refractivity contribution in [3.63, 3.8) is 0 Å². The van der Waals surface area contributed by atoms with Crippen LogP contribution in [0.3, 0.4) is 0 Å². The molecule has 0 saturated heterocycles. The maximum atomic E-state index is 12.5. The zero-order valence-electron chi connectivity index (χ0n) is 14.7. The summed E-state index contributed by atoms with van der Waals surface area (Å²) < 4.78 is 0. The van der Waals surface area contributed by atoms with Gasteiger partial charge in [0, 0.05) is 19.0 Å². The molecule has 0 aliphatic rings. The van der Waals surface area contributed by atoms with Crippen molar-refractivity contribution in [2.75, 3.05) is 7.05 Å². The first-order valence-electron chi connectivity index (χ1n) is 7.89. The van der Waals surface area contributed by atoms with E-state index in [0.29, 0.717) is 11.3 Å². The van der Waals surface area contributed by atoms with Crippen molar-refractivity contribution in [3.05, 3.63) is 0 Å². The van der Waals surface area contributed by atoms with Gasteiger partial charge in [0.1, 0.15) is 0 Å². The molecule has 0 spiro atoms. The largest absolute Gasteiger partial charge is 0.301 e. The van der Waals surface area contributed by atoms with E-state index in [0.717, 1.165) is 6.42 Å². The highest BCUT2D eigenvalue weighted by molar-refractivity contribution is 5.89. The highest BCUT2D eigenvalue weighted by Crippen LogP contribution is 2.31. The van der Waals surface area contributed by atoms with Gasteiger partial charge in [-0.2, -0.15) is 0 Å². The monoisotopic (exact) mass is 282 g/mol. The molecule has 3 heteroatoms.